The van der Waals surface area contributed by atoms with Gasteiger partial charge in [0.25, 0.3) is 0 Å². The van der Waals surface area contributed by atoms with Crippen molar-refractivity contribution >= 4 is 28.6 Å². The summed E-state index contributed by atoms with van der Waals surface area (Å²) in [6, 6.07) is 26.8. The first kappa shape index (κ1) is 18.1. The molecule has 3 aromatic rings. The molecule has 0 N–H and O–H groups in total. The van der Waals surface area contributed by atoms with Gasteiger partial charge in [-0.1, -0.05) is 76.6 Å². The van der Waals surface area contributed by atoms with Gasteiger partial charge in [0.2, 0.25) is 0 Å². The van der Waals surface area contributed by atoms with E-state index in [9.17, 15) is 0 Å². The molecule has 25 heavy (non-hydrogen) atoms. The Bertz CT molecular complexity index is 804. The summed E-state index contributed by atoms with van der Waals surface area (Å²) in [6.45, 7) is 0.582. The van der Waals surface area contributed by atoms with Gasteiger partial charge >= 0.3 is 0 Å². The second-order valence-electron chi connectivity index (χ2n) is 5.99. The average molecular weight is 413 g/mol. The van der Waals surface area contributed by atoms with Crippen molar-refractivity contribution in [2.45, 2.75) is 24.7 Å². The smallest absolute Gasteiger partial charge is 0.120 e. The Balaban J connectivity index is 1.59. The molecule has 0 radical (unpaired) electrons. The monoisotopic (exact) mass is 412 g/mol. The number of ether oxygens (including phenoxy) is 1. The van der Waals surface area contributed by atoms with Crippen LogP contribution in [0.4, 0.5) is 0 Å². The number of hydrogen-bond donors (Lipinski definition) is 1. The summed E-state index contributed by atoms with van der Waals surface area (Å²) in [5.41, 5.74) is 3.68. The molecule has 0 aliphatic heterocycles. The van der Waals surface area contributed by atoms with E-state index < -0.39 is 0 Å². The summed E-state index contributed by atoms with van der Waals surface area (Å²) in [7, 11) is 0. The van der Waals surface area contributed by atoms with Gasteiger partial charge in [-0.2, -0.15) is 12.6 Å². The molecular weight excluding hydrogens is 392 g/mol. The number of halogens is 1. The highest BCUT2D eigenvalue weighted by Crippen LogP contribution is 2.29. The summed E-state index contributed by atoms with van der Waals surface area (Å²) < 4.78 is 7.09. The maximum atomic E-state index is 5.92. The highest BCUT2D eigenvalue weighted by Gasteiger charge is 2.09. The Morgan fingerprint density at radius 1 is 0.880 bits per heavy atom. The van der Waals surface area contributed by atoms with Crippen molar-refractivity contribution in [2.24, 2.45) is 0 Å². The van der Waals surface area contributed by atoms with Crippen molar-refractivity contribution in [3.05, 3.63) is 100 Å². The van der Waals surface area contributed by atoms with Gasteiger partial charge in [-0.05, 0) is 47.7 Å². The van der Waals surface area contributed by atoms with Gasteiger partial charge in [0.05, 0.1) is 0 Å². The summed E-state index contributed by atoms with van der Waals surface area (Å²) in [5.74, 6) is 0.890. The third-order valence-corrected chi connectivity index (χ3v) is 5.47. The molecule has 3 heteroatoms. The Morgan fingerprint density at radius 3 is 2.44 bits per heavy atom. The summed E-state index contributed by atoms with van der Waals surface area (Å²) in [6.07, 6.45) is 1.97. The van der Waals surface area contributed by atoms with Gasteiger partial charge in [0.1, 0.15) is 12.4 Å². The standard InChI is InChI=1S/C22H21BrOS/c23-21-12-5-4-9-18(21)13-14-22(25)19-10-6-11-20(15-19)24-16-17-7-2-1-3-8-17/h1-12,15,22,25H,13-14,16H2. The number of aryl methyl sites for hydroxylation is 1. The minimum Gasteiger partial charge on any atom is -0.489 e. The second kappa shape index (κ2) is 9.12. The van der Waals surface area contributed by atoms with Gasteiger partial charge in [0.15, 0.2) is 0 Å². The molecule has 3 aromatic carbocycles. The molecule has 0 saturated carbocycles. The lowest BCUT2D eigenvalue weighted by Gasteiger charge is -2.14. The fourth-order valence-electron chi connectivity index (χ4n) is 2.71. The predicted molar refractivity (Wildman–Crippen MR) is 111 cm³/mol. The van der Waals surface area contributed by atoms with Crippen molar-refractivity contribution < 1.29 is 4.74 Å². The van der Waals surface area contributed by atoms with Crippen LogP contribution in [0.3, 0.4) is 0 Å². The number of hydrogen-bond acceptors (Lipinski definition) is 2. The molecule has 0 heterocycles. The van der Waals surface area contributed by atoms with Crippen molar-refractivity contribution in [1.29, 1.82) is 0 Å². The normalized spacial score (nSPS) is 11.9. The van der Waals surface area contributed by atoms with Crippen LogP contribution >= 0.6 is 28.6 Å². The fourth-order valence-corrected chi connectivity index (χ4v) is 3.49. The summed E-state index contributed by atoms with van der Waals surface area (Å²) in [5, 5.41) is 0.187. The van der Waals surface area contributed by atoms with Crippen LogP contribution in [0.5, 0.6) is 5.75 Å². The topological polar surface area (TPSA) is 9.23 Å². The van der Waals surface area contributed by atoms with Crippen molar-refractivity contribution in [2.75, 3.05) is 0 Å². The molecular formula is C22H21BrOS. The lowest BCUT2D eigenvalue weighted by Crippen LogP contribution is -1.98. The quantitative estimate of drug-likeness (QED) is 0.428. The zero-order chi connectivity index (χ0) is 17.5. The number of thiol groups is 1. The largest absolute Gasteiger partial charge is 0.489 e. The molecule has 1 unspecified atom stereocenters. The maximum absolute atomic E-state index is 5.92. The molecule has 0 spiro atoms. The number of rotatable bonds is 7. The Labute approximate surface area is 163 Å². The van der Waals surface area contributed by atoms with Crippen molar-refractivity contribution in [3.63, 3.8) is 0 Å². The van der Waals surface area contributed by atoms with Gasteiger partial charge in [-0.25, -0.2) is 0 Å². The van der Waals surface area contributed by atoms with Crippen LogP contribution < -0.4 is 4.74 Å². The number of benzene rings is 3. The first-order chi connectivity index (χ1) is 12.2. The van der Waals surface area contributed by atoms with E-state index >= 15 is 0 Å². The lowest BCUT2D eigenvalue weighted by atomic mass is 10.0. The summed E-state index contributed by atoms with van der Waals surface area (Å²) >= 11 is 8.41. The lowest BCUT2D eigenvalue weighted by molar-refractivity contribution is 0.306. The first-order valence-corrected chi connectivity index (χ1v) is 9.71. The Hall–Kier alpha value is -1.71. The van der Waals surface area contributed by atoms with E-state index in [1.807, 2.05) is 36.4 Å². The minimum absolute atomic E-state index is 0.187. The first-order valence-electron chi connectivity index (χ1n) is 8.40. The van der Waals surface area contributed by atoms with E-state index in [0.717, 1.165) is 23.1 Å². The van der Waals surface area contributed by atoms with E-state index in [2.05, 4.69) is 58.4 Å². The van der Waals surface area contributed by atoms with Crippen LogP contribution in [0, 0.1) is 0 Å². The molecule has 0 fully saturated rings. The van der Waals surface area contributed by atoms with E-state index in [4.69, 9.17) is 17.4 Å². The van der Waals surface area contributed by atoms with E-state index in [-0.39, 0.29) is 5.25 Å². The molecule has 1 atom stereocenters. The van der Waals surface area contributed by atoms with Crippen LogP contribution in [0.15, 0.2) is 83.3 Å². The Morgan fingerprint density at radius 2 is 1.64 bits per heavy atom. The van der Waals surface area contributed by atoms with Crippen molar-refractivity contribution in [3.8, 4) is 5.75 Å². The van der Waals surface area contributed by atoms with Crippen LogP contribution in [-0.2, 0) is 13.0 Å². The molecule has 3 rings (SSSR count). The van der Waals surface area contributed by atoms with Gasteiger partial charge in [0, 0.05) is 9.72 Å². The molecule has 0 aromatic heterocycles. The second-order valence-corrected chi connectivity index (χ2v) is 7.47. The summed E-state index contributed by atoms with van der Waals surface area (Å²) in [4.78, 5) is 0. The van der Waals surface area contributed by atoms with Crippen LogP contribution in [0.25, 0.3) is 0 Å². The molecule has 0 bridgehead atoms. The van der Waals surface area contributed by atoms with E-state index in [0.29, 0.717) is 6.61 Å². The maximum Gasteiger partial charge on any atom is 0.120 e. The van der Waals surface area contributed by atoms with Crippen LogP contribution in [0.1, 0.15) is 28.4 Å². The van der Waals surface area contributed by atoms with E-state index in [1.54, 1.807) is 0 Å². The average Bonchev–Trinajstić information content (AvgIpc) is 2.66. The van der Waals surface area contributed by atoms with Gasteiger partial charge in [-0.3, -0.25) is 0 Å². The van der Waals surface area contributed by atoms with Crippen LogP contribution in [-0.4, -0.2) is 0 Å². The fraction of sp³-hybridized carbons (Fsp3) is 0.182. The molecule has 0 aliphatic rings. The molecule has 1 nitrogen and oxygen atoms in total. The highest BCUT2D eigenvalue weighted by molar-refractivity contribution is 9.10. The molecule has 128 valence electrons. The highest BCUT2D eigenvalue weighted by atomic mass is 79.9. The van der Waals surface area contributed by atoms with E-state index in [1.165, 1.54) is 16.7 Å². The molecule has 0 aliphatic carbocycles. The zero-order valence-corrected chi connectivity index (χ0v) is 16.4. The van der Waals surface area contributed by atoms with Gasteiger partial charge in [-0.15, -0.1) is 0 Å². The zero-order valence-electron chi connectivity index (χ0n) is 13.9. The molecule has 0 saturated heterocycles. The molecule has 0 amide bonds. The SMILES string of the molecule is SC(CCc1ccccc1Br)c1cccc(OCc2ccccc2)c1. The third kappa shape index (κ3) is 5.38. The van der Waals surface area contributed by atoms with Gasteiger partial charge < -0.3 is 4.74 Å². The predicted octanol–water partition coefficient (Wildman–Crippen LogP) is 6.63. The minimum atomic E-state index is 0.187. The Kier molecular flexibility index (Phi) is 6.60. The van der Waals surface area contributed by atoms with Crippen LogP contribution in [0.2, 0.25) is 0 Å². The third-order valence-electron chi connectivity index (χ3n) is 4.14. The van der Waals surface area contributed by atoms with Crippen molar-refractivity contribution in [1.82, 2.24) is 0 Å².